The zero-order valence-corrected chi connectivity index (χ0v) is 9.82. The van der Waals surface area contributed by atoms with Gasteiger partial charge in [0.1, 0.15) is 0 Å². The fraction of sp³-hybridized carbons (Fsp3) is 0.727. The van der Waals surface area contributed by atoms with Crippen molar-refractivity contribution >= 4 is 0 Å². The van der Waals surface area contributed by atoms with Gasteiger partial charge in [-0.1, -0.05) is 6.92 Å². The van der Waals surface area contributed by atoms with Crippen LogP contribution in [-0.2, 0) is 13.6 Å². The van der Waals surface area contributed by atoms with Crippen molar-refractivity contribution in [3.8, 4) is 0 Å². The minimum absolute atomic E-state index is 0.273. The number of aliphatic hydroxyl groups is 1. The van der Waals surface area contributed by atoms with E-state index in [0.29, 0.717) is 5.92 Å². The van der Waals surface area contributed by atoms with Crippen molar-refractivity contribution in [1.82, 2.24) is 15.1 Å². The molecule has 86 valence electrons. The Balaban J connectivity index is 2.29. The molecule has 0 spiro atoms. The van der Waals surface area contributed by atoms with Crippen molar-refractivity contribution in [2.45, 2.75) is 26.8 Å². The molecule has 0 aromatic carbocycles. The van der Waals surface area contributed by atoms with Gasteiger partial charge in [0.25, 0.3) is 0 Å². The lowest BCUT2D eigenvalue weighted by atomic mass is 10.1. The fourth-order valence-corrected chi connectivity index (χ4v) is 1.49. The van der Waals surface area contributed by atoms with Crippen LogP contribution in [0.2, 0.25) is 0 Å². The Labute approximate surface area is 91.3 Å². The van der Waals surface area contributed by atoms with Crippen molar-refractivity contribution in [1.29, 1.82) is 0 Å². The third-order valence-corrected chi connectivity index (χ3v) is 2.77. The Morgan fingerprint density at radius 2 is 2.33 bits per heavy atom. The second-order valence-electron chi connectivity index (χ2n) is 4.13. The number of rotatable bonds is 6. The highest BCUT2D eigenvalue weighted by Gasteiger charge is 2.04. The minimum atomic E-state index is 0.273. The second kappa shape index (κ2) is 5.88. The molecule has 1 atom stereocenters. The molecule has 4 nitrogen and oxygen atoms in total. The summed E-state index contributed by atoms with van der Waals surface area (Å²) in [6.07, 6.45) is 2.76. The predicted octanol–water partition coefficient (Wildman–Crippen LogP) is 0.837. The van der Waals surface area contributed by atoms with Gasteiger partial charge in [-0.25, -0.2) is 0 Å². The van der Waals surface area contributed by atoms with Crippen LogP contribution in [0.15, 0.2) is 6.20 Å². The van der Waals surface area contributed by atoms with Gasteiger partial charge < -0.3 is 10.4 Å². The summed E-state index contributed by atoms with van der Waals surface area (Å²) in [5, 5.41) is 16.3. The molecule has 0 fully saturated rings. The maximum absolute atomic E-state index is 8.76. The Morgan fingerprint density at radius 3 is 2.87 bits per heavy atom. The van der Waals surface area contributed by atoms with Crippen molar-refractivity contribution in [3.05, 3.63) is 17.5 Å². The van der Waals surface area contributed by atoms with Gasteiger partial charge in [0.15, 0.2) is 0 Å². The van der Waals surface area contributed by atoms with E-state index in [2.05, 4.69) is 24.3 Å². The first kappa shape index (κ1) is 12.2. The van der Waals surface area contributed by atoms with E-state index in [1.54, 1.807) is 0 Å². The van der Waals surface area contributed by atoms with E-state index in [9.17, 15) is 0 Å². The molecule has 0 aliphatic heterocycles. The van der Waals surface area contributed by atoms with Crippen LogP contribution in [0.25, 0.3) is 0 Å². The molecule has 0 bridgehead atoms. The van der Waals surface area contributed by atoms with E-state index in [1.807, 2.05) is 17.9 Å². The lowest BCUT2D eigenvalue weighted by Crippen LogP contribution is -2.21. The average molecular weight is 211 g/mol. The van der Waals surface area contributed by atoms with E-state index in [4.69, 9.17) is 5.11 Å². The van der Waals surface area contributed by atoms with Gasteiger partial charge in [-0.15, -0.1) is 0 Å². The molecule has 0 radical (unpaired) electrons. The van der Waals surface area contributed by atoms with Crippen LogP contribution >= 0.6 is 0 Å². The van der Waals surface area contributed by atoms with Crippen LogP contribution in [0.3, 0.4) is 0 Å². The Kier molecular flexibility index (Phi) is 4.78. The van der Waals surface area contributed by atoms with E-state index in [0.717, 1.165) is 19.5 Å². The summed E-state index contributed by atoms with van der Waals surface area (Å²) in [5.41, 5.74) is 2.45. The zero-order chi connectivity index (χ0) is 11.3. The molecule has 1 heterocycles. The standard InChI is InChI=1S/C11H21N3O/c1-9(4-5-15)6-12-7-11-8-13-14(3)10(11)2/h8-9,12,15H,4-7H2,1-3H3. The largest absolute Gasteiger partial charge is 0.396 e. The lowest BCUT2D eigenvalue weighted by molar-refractivity contribution is 0.260. The number of hydrogen-bond donors (Lipinski definition) is 2. The summed E-state index contributed by atoms with van der Waals surface area (Å²) in [7, 11) is 1.95. The molecule has 0 amide bonds. The number of aryl methyl sites for hydroxylation is 1. The van der Waals surface area contributed by atoms with E-state index >= 15 is 0 Å². The summed E-state index contributed by atoms with van der Waals surface area (Å²) in [4.78, 5) is 0. The number of hydrogen-bond acceptors (Lipinski definition) is 3. The SMILES string of the molecule is Cc1c(CNCC(C)CCO)cnn1C. The monoisotopic (exact) mass is 211 g/mol. The topological polar surface area (TPSA) is 50.1 Å². The van der Waals surface area contributed by atoms with Crippen LogP contribution in [0.5, 0.6) is 0 Å². The first-order valence-electron chi connectivity index (χ1n) is 5.44. The smallest absolute Gasteiger partial charge is 0.0537 e. The van der Waals surface area contributed by atoms with Gasteiger partial charge in [-0.2, -0.15) is 5.10 Å². The normalized spacial score (nSPS) is 13.1. The molecule has 1 aromatic rings. The highest BCUT2D eigenvalue weighted by molar-refractivity contribution is 5.15. The van der Waals surface area contributed by atoms with Crippen LogP contribution < -0.4 is 5.32 Å². The molecule has 0 aliphatic rings. The van der Waals surface area contributed by atoms with Gasteiger partial charge in [0, 0.05) is 31.5 Å². The fourth-order valence-electron chi connectivity index (χ4n) is 1.49. The average Bonchev–Trinajstić information content (AvgIpc) is 2.50. The zero-order valence-electron chi connectivity index (χ0n) is 9.82. The number of aliphatic hydroxyl groups excluding tert-OH is 1. The van der Waals surface area contributed by atoms with Gasteiger partial charge in [0.05, 0.1) is 6.20 Å². The van der Waals surface area contributed by atoms with Gasteiger partial charge in [-0.3, -0.25) is 4.68 Å². The molecule has 1 unspecified atom stereocenters. The molecule has 1 rings (SSSR count). The lowest BCUT2D eigenvalue weighted by Gasteiger charge is -2.10. The van der Waals surface area contributed by atoms with Crippen LogP contribution in [0.4, 0.5) is 0 Å². The maximum Gasteiger partial charge on any atom is 0.0537 e. The quantitative estimate of drug-likeness (QED) is 0.733. The van der Waals surface area contributed by atoms with Crippen molar-refractivity contribution in [3.63, 3.8) is 0 Å². The molecule has 15 heavy (non-hydrogen) atoms. The number of aromatic nitrogens is 2. The maximum atomic E-state index is 8.76. The molecule has 0 aliphatic carbocycles. The summed E-state index contributed by atoms with van der Waals surface area (Å²) < 4.78 is 1.88. The van der Waals surface area contributed by atoms with Gasteiger partial charge in [0.2, 0.25) is 0 Å². The highest BCUT2D eigenvalue weighted by Crippen LogP contribution is 2.05. The molecule has 0 saturated carbocycles. The molecular weight excluding hydrogens is 190 g/mol. The number of nitrogens with zero attached hydrogens (tertiary/aromatic N) is 2. The summed E-state index contributed by atoms with van der Waals surface area (Å²) in [5.74, 6) is 0.520. The van der Waals surface area contributed by atoms with E-state index in [1.165, 1.54) is 11.3 Å². The van der Waals surface area contributed by atoms with E-state index < -0.39 is 0 Å². The van der Waals surface area contributed by atoms with Crippen LogP contribution in [0.1, 0.15) is 24.6 Å². The molecule has 2 N–H and O–H groups in total. The van der Waals surface area contributed by atoms with Crippen molar-refractivity contribution < 1.29 is 5.11 Å². The third kappa shape index (κ3) is 3.64. The minimum Gasteiger partial charge on any atom is -0.396 e. The third-order valence-electron chi connectivity index (χ3n) is 2.77. The Bertz CT molecular complexity index is 296. The summed E-state index contributed by atoms with van der Waals surface area (Å²) >= 11 is 0. The number of nitrogens with one attached hydrogen (secondary N) is 1. The molecule has 4 heteroatoms. The first-order chi connectivity index (χ1) is 7.15. The summed E-state index contributed by atoms with van der Waals surface area (Å²) in [6.45, 7) is 6.28. The predicted molar refractivity (Wildman–Crippen MR) is 60.5 cm³/mol. The van der Waals surface area contributed by atoms with Gasteiger partial charge in [-0.05, 0) is 25.8 Å². The second-order valence-corrected chi connectivity index (χ2v) is 4.13. The van der Waals surface area contributed by atoms with Crippen LogP contribution in [-0.4, -0.2) is 28.0 Å². The molecular formula is C11H21N3O. The van der Waals surface area contributed by atoms with Gasteiger partial charge >= 0.3 is 0 Å². The Hall–Kier alpha value is -0.870. The first-order valence-corrected chi connectivity index (χ1v) is 5.44. The Morgan fingerprint density at radius 1 is 1.60 bits per heavy atom. The van der Waals surface area contributed by atoms with Crippen LogP contribution in [0, 0.1) is 12.8 Å². The van der Waals surface area contributed by atoms with E-state index in [-0.39, 0.29) is 6.61 Å². The van der Waals surface area contributed by atoms with Crippen molar-refractivity contribution in [2.75, 3.05) is 13.2 Å². The molecule has 0 saturated heterocycles. The van der Waals surface area contributed by atoms with Crippen molar-refractivity contribution in [2.24, 2.45) is 13.0 Å². The molecule has 1 aromatic heterocycles. The summed E-state index contributed by atoms with van der Waals surface area (Å²) in [6, 6.07) is 0. The highest BCUT2D eigenvalue weighted by atomic mass is 16.3.